The molecule has 0 N–H and O–H groups in total. The van der Waals surface area contributed by atoms with E-state index in [1.165, 1.54) is 12.8 Å². The Kier molecular flexibility index (Phi) is 5.21. The van der Waals surface area contributed by atoms with Gasteiger partial charge in [0.2, 0.25) is 0 Å². The topological polar surface area (TPSA) is 44.8 Å². The largest absolute Gasteiger partial charge is 0.489 e. The molecular formula is C15H20O4. The summed E-state index contributed by atoms with van der Waals surface area (Å²) in [7, 11) is 0. The quantitative estimate of drug-likeness (QED) is 0.508. The highest BCUT2D eigenvalue weighted by atomic mass is 16.5. The third-order valence-corrected chi connectivity index (χ3v) is 2.99. The molecule has 1 aliphatic rings. The van der Waals surface area contributed by atoms with Gasteiger partial charge in [0.05, 0.1) is 18.8 Å². The minimum absolute atomic E-state index is 0.454. The van der Waals surface area contributed by atoms with Crippen LogP contribution < -0.4 is 9.47 Å². The van der Waals surface area contributed by atoms with Crippen LogP contribution in [0, 0.1) is 5.92 Å². The Morgan fingerprint density at radius 1 is 1.26 bits per heavy atom. The van der Waals surface area contributed by atoms with Crippen molar-refractivity contribution < 1.29 is 19.0 Å². The second kappa shape index (κ2) is 7.14. The molecular weight excluding hydrogens is 244 g/mol. The highest BCUT2D eigenvalue weighted by Crippen LogP contribution is 2.34. The molecule has 0 heterocycles. The fourth-order valence-electron chi connectivity index (χ4n) is 1.73. The van der Waals surface area contributed by atoms with Crippen LogP contribution >= 0.6 is 0 Å². The number of rotatable bonds is 9. The van der Waals surface area contributed by atoms with Gasteiger partial charge < -0.3 is 14.2 Å². The molecule has 0 unspecified atom stereocenters. The third kappa shape index (κ3) is 4.24. The number of aldehydes is 1. The van der Waals surface area contributed by atoms with Gasteiger partial charge in [-0.25, -0.2) is 0 Å². The molecule has 104 valence electrons. The summed E-state index contributed by atoms with van der Waals surface area (Å²) in [5.41, 5.74) is 0.537. The zero-order chi connectivity index (χ0) is 13.5. The molecule has 0 atom stereocenters. The van der Waals surface area contributed by atoms with Crippen molar-refractivity contribution in [2.75, 3.05) is 26.4 Å². The molecule has 1 aromatic carbocycles. The molecule has 0 saturated heterocycles. The van der Waals surface area contributed by atoms with Crippen LogP contribution in [0.5, 0.6) is 11.5 Å². The minimum Gasteiger partial charge on any atom is -0.489 e. The van der Waals surface area contributed by atoms with Crippen LogP contribution in [-0.2, 0) is 4.74 Å². The number of benzene rings is 1. The minimum atomic E-state index is 0.454. The van der Waals surface area contributed by atoms with Gasteiger partial charge in [-0.3, -0.25) is 4.79 Å². The fourth-order valence-corrected chi connectivity index (χ4v) is 1.73. The van der Waals surface area contributed by atoms with Crippen LogP contribution in [0.3, 0.4) is 0 Å². The third-order valence-electron chi connectivity index (χ3n) is 2.99. The molecule has 0 aromatic heterocycles. The molecule has 1 fully saturated rings. The Bertz CT molecular complexity index is 413. The van der Waals surface area contributed by atoms with E-state index in [2.05, 4.69) is 0 Å². The molecule has 0 spiro atoms. The predicted molar refractivity (Wildman–Crippen MR) is 72.0 cm³/mol. The van der Waals surface area contributed by atoms with E-state index < -0.39 is 0 Å². The fraction of sp³-hybridized carbons (Fsp3) is 0.533. The Labute approximate surface area is 113 Å². The van der Waals surface area contributed by atoms with Gasteiger partial charge in [-0.15, -0.1) is 0 Å². The summed E-state index contributed by atoms with van der Waals surface area (Å²) in [6, 6.07) is 5.36. The average molecular weight is 264 g/mol. The van der Waals surface area contributed by atoms with Crippen molar-refractivity contribution in [3.63, 3.8) is 0 Å². The van der Waals surface area contributed by atoms with E-state index in [4.69, 9.17) is 14.2 Å². The van der Waals surface area contributed by atoms with Crippen molar-refractivity contribution in [3.05, 3.63) is 23.8 Å². The van der Waals surface area contributed by atoms with Crippen molar-refractivity contribution in [1.82, 2.24) is 0 Å². The maximum Gasteiger partial charge on any atom is 0.171 e. The highest BCUT2D eigenvalue weighted by Gasteiger charge is 2.23. The lowest BCUT2D eigenvalue weighted by atomic mass is 10.2. The number of para-hydroxylation sites is 1. The summed E-state index contributed by atoms with van der Waals surface area (Å²) < 4.78 is 16.6. The van der Waals surface area contributed by atoms with Crippen LogP contribution in [0.2, 0.25) is 0 Å². The van der Waals surface area contributed by atoms with Gasteiger partial charge in [0.15, 0.2) is 17.8 Å². The number of hydrogen-bond donors (Lipinski definition) is 0. The molecule has 19 heavy (non-hydrogen) atoms. The summed E-state index contributed by atoms with van der Waals surface area (Å²) in [5, 5.41) is 0. The molecule has 4 nitrogen and oxygen atoms in total. The molecule has 0 amide bonds. The molecule has 1 aliphatic carbocycles. The molecule has 4 heteroatoms. The van der Waals surface area contributed by atoms with Gasteiger partial charge in [0.1, 0.15) is 6.61 Å². The maximum absolute atomic E-state index is 11.1. The second-order valence-electron chi connectivity index (χ2n) is 4.59. The summed E-state index contributed by atoms with van der Waals surface area (Å²) >= 11 is 0. The van der Waals surface area contributed by atoms with Crippen LogP contribution in [0.4, 0.5) is 0 Å². The van der Waals surface area contributed by atoms with Crippen LogP contribution in [-0.4, -0.2) is 32.7 Å². The maximum atomic E-state index is 11.1. The van der Waals surface area contributed by atoms with E-state index in [1.54, 1.807) is 12.1 Å². The van der Waals surface area contributed by atoms with Gasteiger partial charge in [-0.05, 0) is 37.8 Å². The monoisotopic (exact) mass is 264 g/mol. The van der Waals surface area contributed by atoms with Crippen LogP contribution in [0.25, 0.3) is 0 Å². The van der Waals surface area contributed by atoms with Gasteiger partial charge in [-0.1, -0.05) is 6.07 Å². The van der Waals surface area contributed by atoms with Crippen molar-refractivity contribution in [3.8, 4) is 11.5 Å². The standard InChI is InChI=1S/C15H20O4/c1-2-17-8-9-18-14-5-3-4-13(10-16)15(14)19-11-12-6-7-12/h3-5,10,12H,2,6-9,11H2,1H3. The SMILES string of the molecule is CCOCCOc1cccc(C=O)c1OCC1CC1. The normalized spacial score (nSPS) is 14.2. The predicted octanol–water partition coefficient (Wildman–Crippen LogP) is 2.70. The lowest BCUT2D eigenvalue weighted by Crippen LogP contribution is -2.09. The van der Waals surface area contributed by atoms with Gasteiger partial charge in [-0.2, -0.15) is 0 Å². The number of carbonyl (C=O) groups excluding carboxylic acids is 1. The number of hydrogen-bond acceptors (Lipinski definition) is 4. The van der Waals surface area contributed by atoms with Crippen molar-refractivity contribution in [1.29, 1.82) is 0 Å². The first-order valence-electron chi connectivity index (χ1n) is 6.76. The van der Waals surface area contributed by atoms with Crippen molar-refractivity contribution in [2.24, 2.45) is 5.92 Å². The van der Waals surface area contributed by atoms with E-state index in [0.29, 0.717) is 49.4 Å². The first-order chi connectivity index (χ1) is 9.35. The summed E-state index contributed by atoms with van der Waals surface area (Å²) in [5.74, 6) is 1.81. The molecule has 0 radical (unpaired) electrons. The van der Waals surface area contributed by atoms with E-state index >= 15 is 0 Å². The average Bonchev–Trinajstić information content (AvgIpc) is 3.25. The van der Waals surface area contributed by atoms with E-state index in [1.807, 2.05) is 13.0 Å². The lowest BCUT2D eigenvalue weighted by Gasteiger charge is -2.14. The van der Waals surface area contributed by atoms with Crippen molar-refractivity contribution >= 4 is 6.29 Å². The summed E-state index contributed by atoms with van der Waals surface area (Å²) in [6.07, 6.45) is 3.23. The van der Waals surface area contributed by atoms with Gasteiger partial charge in [0, 0.05) is 6.61 Å². The molecule has 1 aromatic rings. The summed E-state index contributed by atoms with van der Waals surface area (Å²) in [4.78, 5) is 11.1. The van der Waals surface area contributed by atoms with Gasteiger partial charge >= 0.3 is 0 Å². The van der Waals surface area contributed by atoms with Gasteiger partial charge in [0.25, 0.3) is 0 Å². The lowest BCUT2D eigenvalue weighted by molar-refractivity contribution is 0.107. The zero-order valence-corrected chi connectivity index (χ0v) is 11.3. The highest BCUT2D eigenvalue weighted by molar-refractivity contribution is 5.81. The first-order valence-corrected chi connectivity index (χ1v) is 6.76. The Hall–Kier alpha value is -1.55. The smallest absolute Gasteiger partial charge is 0.171 e. The zero-order valence-electron chi connectivity index (χ0n) is 11.3. The molecule has 0 aliphatic heterocycles. The first kappa shape index (κ1) is 13.9. The number of carbonyl (C=O) groups is 1. The summed E-state index contributed by atoms with van der Waals surface area (Å²) in [6.45, 7) is 4.26. The molecule has 0 bridgehead atoms. The molecule has 2 rings (SSSR count). The Balaban J connectivity index is 1.99. The molecule has 1 saturated carbocycles. The van der Waals surface area contributed by atoms with E-state index in [-0.39, 0.29) is 0 Å². The second-order valence-corrected chi connectivity index (χ2v) is 4.59. The van der Waals surface area contributed by atoms with Crippen molar-refractivity contribution in [2.45, 2.75) is 19.8 Å². The van der Waals surface area contributed by atoms with E-state index in [9.17, 15) is 4.79 Å². The van der Waals surface area contributed by atoms with Crippen LogP contribution in [0.1, 0.15) is 30.1 Å². The number of ether oxygens (including phenoxy) is 3. The van der Waals surface area contributed by atoms with Crippen LogP contribution in [0.15, 0.2) is 18.2 Å². The Morgan fingerprint density at radius 3 is 2.79 bits per heavy atom. The van der Waals surface area contributed by atoms with E-state index in [0.717, 1.165) is 6.29 Å². The Morgan fingerprint density at radius 2 is 2.11 bits per heavy atom.